The van der Waals surface area contributed by atoms with E-state index in [0.29, 0.717) is 6.04 Å². The average molecular weight is 358 g/mol. The van der Waals surface area contributed by atoms with Crippen LogP contribution in [0.2, 0.25) is 0 Å². The Labute approximate surface area is 161 Å². The molecule has 27 heavy (non-hydrogen) atoms. The minimum Gasteiger partial charge on any atom is -0.326 e. The summed E-state index contributed by atoms with van der Waals surface area (Å²) in [4.78, 5) is 13.9. The van der Waals surface area contributed by atoms with Gasteiger partial charge in [0.15, 0.2) is 0 Å². The van der Waals surface area contributed by atoms with E-state index in [0.717, 1.165) is 22.9 Å². The van der Waals surface area contributed by atoms with Gasteiger partial charge in [-0.25, -0.2) is 0 Å². The third-order valence-corrected chi connectivity index (χ3v) is 5.68. The Morgan fingerprint density at radius 2 is 1.81 bits per heavy atom. The molecule has 0 bridgehead atoms. The van der Waals surface area contributed by atoms with Crippen LogP contribution in [0.1, 0.15) is 61.8 Å². The van der Waals surface area contributed by atoms with Crippen LogP contribution in [-0.2, 0) is 4.79 Å². The quantitative estimate of drug-likeness (QED) is 0.787. The van der Waals surface area contributed by atoms with E-state index in [1.54, 1.807) is 0 Å². The molecule has 2 aliphatic rings. The van der Waals surface area contributed by atoms with E-state index >= 15 is 0 Å². The molecule has 3 nitrogen and oxygen atoms in total. The van der Waals surface area contributed by atoms with Crippen LogP contribution in [0.15, 0.2) is 48.5 Å². The van der Waals surface area contributed by atoms with Crippen LogP contribution in [0.3, 0.4) is 0 Å². The molecule has 4 rings (SSSR count). The number of carbonyl (C=O) groups is 1. The monoisotopic (exact) mass is 358 g/mol. The van der Waals surface area contributed by atoms with Crippen molar-refractivity contribution in [3.8, 4) is 11.8 Å². The van der Waals surface area contributed by atoms with Gasteiger partial charge in [0.25, 0.3) is 0 Å². The highest BCUT2D eigenvalue weighted by molar-refractivity contribution is 5.88. The Balaban J connectivity index is 1.46. The molecule has 2 fully saturated rings. The molecule has 0 radical (unpaired) electrons. The van der Waals surface area contributed by atoms with E-state index in [-0.39, 0.29) is 5.91 Å². The van der Waals surface area contributed by atoms with Crippen molar-refractivity contribution in [3.63, 3.8) is 0 Å². The van der Waals surface area contributed by atoms with Crippen LogP contribution in [0.25, 0.3) is 0 Å². The Morgan fingerprint density at radius 1 is 1.00 bits per heavy atom. The van der Waals surface area contributed by atoms with Crippen molar-refractivity contribution in [2.24, 2.45) is 0 Å². The van der Waals surface area contributed by atoms with Crippen LogP contribution >= 0.6 is 0 Å². The number of rotatable bonds is 2. The molecule has 0 saturated carbocycles. The Kier molecular flexibility index (Phi) is 5.27. The van der Waals surface area contributed by atoms with Gasteiger partial charge in [-0.3, -0.25) is 9.69 Å². The number of benzene rings is 2. The van der Waals surface area contributed by atoms with E-state index < -0.39 is 0 Å². The number of piperidine rings is 1. The summed E-state index contributed by atoms with van der Waals surface area (Å²) in [7, 11) is 0. The molecule has 138 valence electrons. The number of hydrogen-bond donors (Lipinski definition) is 1. The SMILES string of the molecule is CC(=O)Nc1cccc(C#Cc2ccc(C3CCC4CCCCN43)cc2)c1. The van der Waals surface area contributed by atoms with Gasteiger partial charge in [-0.2, -0.15) is 0 Å². The normalized spacial score (nSPS) is 21.8. The molecule has 2 saturated heterocycles. The summed E-state index contributed by atoms with van der Waals surface area (Å²) in [5.74, 6) is 6.37. The van der Waals surface area contributed by atoms with Crippen molar-refractivity contribution < 1.29 is 4.79 Å². The standard InChI is InChI=1S/C24H26N2O/c1-18(27)25-22-6-4-5-20(17-22)9-8-19-10-12-21(13-11-19)24-15-14-23-7-2-3-16-26(23)24/h4-6,10-13,17,23-24H,2-3,7,14-16H2,1H3,(H,25,27). The van der Waals surface area contributed by atoms with E-state index in [1.807, 2.05) is 24.3 Å². The predicted octanol–water partition coefficient (Wildman–Crippen LogP) is 4.73. The molecule has 3 heteroatoms. The molecular formula is C24H26N2O. The number of hydrogen-bond acceptors (Lipinski definition) is 2. The number of amides is 1. The summed E-state index contributed by atoms with van der Waals surface area (Å²) in [5.41, 5.74) is 4.13. The van der Waals surface area contributed by atoms with Crippen molar-refractivity contribution in [1.29, 1.82) is 0 Å². The van der Waals surface area contributed by atoms with Gasteiger partial charge >= 0.3 is 0 Å². The number of carbonyl (C=O) groups excluding carboxylic acids is 1. The van der Waals surface area contributed by atoms with Gasteiger partial charge in [0.2, 0.25) is 5.91 Å². The zero-order valence-electron chi connectivity index (χ0n) is 15.9. The molecular weight excluding hydrogens is 332 g/mol. The minimum atomic E-state index is -0.0708. The second-order valence-corrected chi connectivity index (χ2v) is 7.61. The minimum absolute atomic E-state index is 0.0708. The highest BCUT2D eigenvalue weighted by atomic mass is 16.1. The lowest BCUT2D eigenvalue weighted by atomic mass is 10.0. The lowest BCUT2D eigenvalue weighted by molar-refractivity contribution is -0.114. The average Bonchev–Trinajstić information content (AvgIpc) is 3.11. The highest BCUT2D eigenvalue weighted by Crippen LogP contribution is 2.40. The second-order valence-electron chi connectivity index (χ2n) is 7.61. The molecule has 1 N–H and O–H groups in total. The summed E-state index contributed by atoms with van der Waals surface area (Å²) >= 11 is 0. The first kappa shape index (κ1) is 17.8. The first-order valence-electron chi connectivity index (χ1n) is 9.94. The summed E-state index contributed by atoms with van der Waals surface area (Å²) in [6, 6.07) is 17.8. The summed E-state index contributed by atoms with van der Waals surface area (Å²) in [6.45, 7) is 2.76. The lowest BCUT2D eigenvalue weighted by Crippen LogP contribution is -2.35. The largest absolute Gasteiger partial charge is 0.326 e. The van der Waals surface area contributed by atoms with E-state index in [2.05, 4.69) is 46.3 Å². The topological polar surface area (TPSA) is 32.3 Å². The molecule has 2 atom stereocenters. The zero-order valence-corrected chi connectivity index (χ0v) is 15.9. The molecule has 2 unspecified atom stereocenters. The predicted molar refractivity (Wildman–Crippen MR) is 109 cm³/mol. The van der Waals surface area contributed by atoms with Crippen molar-refractivity contribution in [1.82, 2.24) is 4.90 Å². The van der Waals surface area contributed by atoms with Crippen LogP contribution in [-0.4, -0.2) is 23.4 Å². The lowest BCUT2D eigenvalue weighted by Gasteiger charge is -2.34. The molecule has 2 aliphatic heterocycles. The van der Waals surface area contributed by atoms with Gasteiger partial charge < -0.3 is 5.32 Å². The number of nitrogens with zero attached hydrogens (tertiary/aromatic N) is 1. The number of nitrogens with one attached hydrogen (secondary N) is 1. The van der Waals surface area contributed by atoms with Crippen LogP contribution in [0.5, 0.6) is 0 Å². The second kappa shape index (κ2) is 7.98. The van der Waals surface area contributed by atoms with Crippen LogP contribution < -0.4 is 5.32 Å². The zero-order chi connectivity index (χ0) is 18.6. The summed E-state index contributed by atoms with van der Waals surface area (Å²) in [5, 5.41) is 2.79. The Bertz CT molecular complexity index is 875. The first-order valence-corrected chi connectivity index (χ1v) is 9.94. The van der Waals surface area contributed by atoms with Crippen molar-refractivity contribution in [2.45, 2.75) is 51.1 Å². The molecule has 0 aromatic heterocycles. The van der Waals surface area contributed by atoms with Gasteiger partial charge in [0, 0.05) is 35.8 Å². The van der Waals surface area contributed by atoms with E-state index in [9.17, 15) is 4.79 Å². The van der Waals surface area contributed by atoms with Crippen LogP contribution in [0.4, 0.5) is 5.69 Å². The molecule has 2 aromatic carbocycles. The van der Waals surface area contributed by atoms with Gasteiger partial charge in [-0.1, -0.05) is 36.5 Å². The van der Waals surface area contributed by atoms with Crippen molar-refractivity contribution >= 4 is 11.6 Å². The molecule has 1 amide bonds. The van der Waals surface area contributed by atoms with Gasteiger partial charge in [0.1, 0.15) is 0 Å². The van der Waals surface area contributed by atoms with E-state index in [1.165, 1.54) is 51.1 Å². The summed E-state index contributed by atoms with van der Waals surface area (Å²) < 4.78 is 0. The van der Waals surface area contributed by atoms with Gasteiger partial charge in [0.05, 0.1) is 0 Å². The fourth-order valence-corrected chi connectivity index (χ4v) is 4.43. The van der Waals surface area contributed by atoms with Gasteiger partial charge in [-0.05, 0) is 68.1 Å². The van der Waals surface area contributed by atoms with Crippen molar-refractivity contribution in [2.75, 3.05) is 11.9 Å². The molecule has 2 heterocycles. The Hall–Kier alpha value is -2.57. The summed E-state index contributed by atoms with van der Waals surface area (Å²) in [6.07, 6.45) is 6.74. The molecule has 0 spiro atoms. The third kappa shape index (κ3) is 4.23. The highest BCUT2D eigenvalue weighted by Gasteiger charge is 2.35. The maximum atomic E-state index is 11.2. The van der Waals surface area contributed by atoms with Crippen molar-refractivity contribution in [3.05, 3.63) is 65.2 Å². The third-order valence-electron chi connectivity index (χ3n) is 5.68. The smallest absolute Gasteiger partial charge is 0.221 e. The fourth-order valence-electron chi connectivity index (χ4n) is 4.43. The maximum Gasteiger partial charge on any atom is 0.221 e. The van der Waals surface area contributed by atoms with Gasteiger partial charge in [-0.15, -0.1) is 0 Å². The maximum absolute atomic E-state index is 11.2. The fraction of sp³-hybridized carbons (Fsp3) is 0.375. The first-order chi connectivity index (χ1) is 13.2. The van der Waals surface area contributed by atoms with E-state index in [4.69, 9.17) is 0 Å². The number of anilines is 1. The molecule has 0 aliphatic carbocycles. The molecule has 2 aromatic rings. The van der Waals surface area contributed by atoms with Crippen LogP contribution in [0, 0.1) is 11.8 Å². The Morgan fingerprint density at radius 3 is 2.63 bits per heavy atom. The number of fused-ring (bicyclic) bond motifs is 1.